The number of nitrogens with one attached hydrogen (secondary N) is 1. The monoisotopic (exact) mass is 276 g/mol. The first-order chi connectivity index (χ1) is 9.61. The lowest BCUT2D eigenvalue weighted by Gasteiger charge is -2.28. The van der Waals surface area contributed by atoms with Crippen LogP contribution in [0.3, 0.4) is 0 Å². The molecule has 0 bridgehead atoms. The highest BCUT2D eigenvalue weighted by Gasteiger charge is 2.22. The lowest BCUT2D eigenvalue weighted by molar-refractivity contribution is -0.122. The standard InChI is InChI=1S/C15H20N2O3/c1-2-7-16-14(18)10-17-8-6-12-11(9-17)4-3-5-13(12)15(19)20/h3-5H,2,6-10H2,1H3,(H,16,18)(H,19,20). The molecule has 1 aliphatic rings. The van der Waals surface area contributed by atoms with Crippen molar-refractivity contribution >= 4 is 11.9 Å². The van der Waals surface area contributed by atoms with Gasteiger partial charge in [0.1, 0.15) is 0 Å². The van der Waals surface area contributed by atoms with Gasteiger partial charge in [-0.2, -0.15) is 0 Å². The molecular formula is C15H20N2O3. The number of hydrogen-bond acceptors (Lipinski definition) is 3. The fourth-order valence-corrected chi connectivity index (χ4v) is 2.53. The Bertz CT molecular complexity index is 514. The second-order valence-corrected chi connectivity index (χ2v) is 5.06. The summed E-state index contributed by atoms with van der Waals surface area (Å²) in [5.74, 6) is -0.847. The van der Waals surface area contributed by atoms with E-state index in [0.29, 0.717) is 31.6 Å². The third-order valence-electron chi connectivity index (χ3n) is 3.51. The predicted octanol–water partition coefficient (Wildman–Crippen LogP) is 1.27. The van der Waals surface area contributed by atoms with Crippen molar-refractivity contribution in [2.75, 3.05) is 19.6 Å². The van der Waals surface area contributed by atoms with Gasteiger partial charge in [0.15, 0.2) is 0 Å². The highest BCUT2D eigenvalue weighted by atomic mass is 16.4. The Kier molecular flexibility index (Phi) is 4.74. The first kappa shape index (κ1) is 14.5. The zero-order valence-corrected chi connectivity index (χ0v) is 11.7. The molecule has 2 N–H and O–H groups in total. The molecule has 1 heterocycles. The summed E-state index contributed by atoms with van der Waals surface area (Å²) < 4.78 is 0. The molecule has 0 saturated heterocycles. The summed E-state index contributed by atoms with van der Waals surface area (Å²) >= 11 is 0. The molecule has 1 aromatic carbocycles. The number of amides is 1. The highest BCUT2D eigenvalue weighted by Crippen LogP contribution is 2.22. The van der Waals surface area contributed by atoms with Crippen molar-refractivity contribution in [1.82, 2.24) is 10.2 Å². The number of carbonyl (C=O) groups is 2. The van der Waals surface area contributed by atoms with Crippen molar-refractivity contribution in [2.45, 2.75) is 26.3 Å². The van der Waals surface area contributed by atoms with Gasteiger partial charge in [0, 0.05) is 19.6 Å². The molecule has 0 unspecified atom stereocenters. The van der Waals surface area contributed by atoms with E-state index < -0.39 is 5.97 Å². The van der Waals surface area contributed by atoms with Gasteiger partial charge in [-0.05, 0) is 30.0 Å². The minimum atomic E-state index is -0.879. The number of carbonyl (C=O) groups excluding carboxylic acids is 1. The Labute approximate surface area is 118 Å². The van der Waals surface area contributed by atoms with Gasteiger partial charge in [-0.15, -0.1) is 0 Å². The van der Waals surface area contributed by atoms with Gasteiger partial charge < -0.3 is 10.4 Å². The number of nitrogens with zero attached hydrogens (tertiary/aromatic N) is 1. The van der Waals surface area contributed by atoms with Crippen LogP contribution >= 0.6 is 0 Å². The highest BCUT2D eigenvalue weighted by molar-refractivity contribution is 5.90. The zero-order chi connectivity index (χ0) is 14.5. The third-order valence-corrected chi connectivity index (χ3v) is 3.51. The maximum absolute atomic E-state index is 11.7. The minimum absolute atomic E-state index is 0.0321. The Morgan fingerprint density at radius 3 is 2.90 bits per heavy atom. The van der Waals surface area contributed by atoms with Crippen molar-refractivity contribution in [2.24, 2.45) is 0 Å². The summed E-state index contributed by atoms with van der Waals surface area (Å²) in [6.45, 7) is 4.45. The van der Waals surface area contributed by atoms with Gasteiger partial charge in [0.25, 0.3) is 0 Å². The van der Waals surface area contributed by atoms with Crippen molar-refractivity contribution < 1.29 is 14.7 Å². The van der Waals surface area contributed by atoms with Crippen molar-refractivity contribution in [3.05, 3.63) is 34.9 Å². The molecular weight excluding hydrogens is 256 g/mol. The van der Waals surface area contributed by atoms with E-state index in [4.69, 9.17) is 0 Å². The average Bonchev–Trinajstić information content (AvgIpc) is 2.44. The molecule has 5 nitrogen and oxygen atoms in total. The zero-order valence-electron chi connectivity index (χ0n) is 11.7. The molecule has 0 fully saturated rings. The molecule has 2 rings (SSSR count). The van der Waals surface area contributed by atoms with Crippen LogP contribution in [0.1, 0.15) is 34.8 Å². The summed E-state index contributed by atoms with van der Waals surface area (Å²) in [5.41, 5.74) is 2.31. The van der Waals surface area contributed by atoms with Crippen molar-refractivity contribution in [3.63, 3.8) is 0 Å². The smallest absolute Gasteiger partial charge is 0.335 e. The maximum atomic E-state index is 11.7. The molecule has 0 aromatic heterocycles. The molecule has 5 heteroatoms. The van der Waals surface area contributed by atoms with Crippen LogP contribution in [0.2, 0.25) is 0 Å². The molecule has 0 aliphatic carbocycles. The number of carboxylic acid groups (broad SMARTS) is 1. The molecule has 0 saturated carbocycles. The van der Waals surface area contributed by atoms with Gasteiger partial charge >= 0.3 is 5.97 Å². The van der Waals surface area contributed by atoms with E-state index in [2.05, 4.69) is 10.2 Å². The second kappa shape index (κ2) is 6.52. The number of benzene rings is 1. The summed E-state index contributed by atoms with van der Waals surface area (Å²) in [7, 11) is 0. The molecule has 20 heavy (non-hydrogen) atoms. The Morgan fingerprint density at radius 2 is 2.20 bits per heavy atom. The van der Waals surface area contributed by atoms with E-state index in [1.807, 2.05) is 13.0 Å². The van der Waals surface area contributed by atoms with Crippen LogP contribution in [0.4, 0.5) is 0 Å². The largest absolute Gasteiger partial charge is 0.478 e. The minimum Gasteiger partial charge on any atom is -0.478 e. The molecule has 0 radical (unpaired) electrons. The molecule has 108 valence electrons. The summed E-state index contributed by atoms with van der Waals surface area (Å²) in [6, 6.07) is 5.35. The predicted molar refractivity (Wildman–Crippen MR) is 75.7 cm³/mol. The lowest BCUT2D eigenvalue weighted by atomic mass is 9.94. The first-order valence-corrected chi connectivity index (χ1v) is 6.95. The normalized spacial score (nSPS) is 14.7. The fourth-order valence-electron chi connectivity index (χ4n) is 2.53. The summed E-state index contributed by atoms with van der Waals surface area (Å²) in [5, 5.41) is 12.0. The van der Waals surface area contributed by atoms with E-state index in [0.717, 1.165) is 24.1 Å². The lowest BCUT2D eigenvalue weighted by Crippen LogP contribution is -2.40. The SMILES string of the molecule is CCCNC(=O)CN1CCc2c(cccc2C(=O)O)C1. The van der Waals surface area contributed by atoms with E-state index in [9.17, 15) is 14.7 Å². The molecule has 1 amide bonds. The van der Waals surface area contributed by atoms with Gasteiger partial charge in [-0.25, -0.2) is 4.79 Å². The van der Waals surface area contributed by atoms with E-state index in [1.54, 1.807) is 12.1 Å². The third kappa shape index (κ3) is 3.36. The van der Waals surface area contributed by atoms with Crippen LogP contribution in [0.25, 0.3) is 0 Å². The van der Waals surface area contributed by atoms with Gasteiger partial charge in [-0.3, -0.25) is 9.69 Å². The number of hydrogen-bond donors (Lipinski definition) is 2. The van der Waals surface area contributed by atoms with E-state index >= 15 is 0 Å². The van der Waals surface area contributed by atoms with Crippen molar-refractivity contribution in [1.29, 1.82) is 0 Å². The number of rotatable bonds is 5. The number of aromatic carboxylic acids is 1. The van der Waals surface area contributed by atoms with E-state index in [1.165, 1.54) is 0 Å². The molecule has 1 aromatic rings. The molecule has 0 spiro atoms. The maximum Gasteiger partial charge on any atom is 0.335 e. The van der Waals surface area contributed by atoms with Gasteiger partial charge in [0.05, 0.1) is 12.1 Å². The Hall–Kier alpha value is -1.88. The van der Waals surface area contributed by atoms with Crippen LogP contribution in [0.5, 0.6) is 0 Å². The second-order valence-electron chi connectivity index (χ2n) is 5.06. The topological polar surface area (TPSA) is 69.6 Å². The number of fused-ring (bicyclic) bond motifs is 1. The molecule has 0 atom stereocenters. The fraction of sp³-hybridized carbons (Fsp3) is 0.467. The van der Waals surface area contributed by atoms with E-state index in [-0.39, 0.29) is 5.91 Å². The van der Waals surface area contributed by atoms with Gasteiger partial charge in [0.2, 0.25) is 5.91 Å². The summed E-state index contributed by atoms with van der Waals surface area (Å²) in [4.78, 5) is 24.9. The number of carboxylic acids is 1. The van der Waals surface area contributed by atoms with Crippen LogP contribution < -0.4 is 5.32 Å². The average molecular weight is 276 g/mol. The molecule has 1 aliphatic heterocycles. The van der Waals surface area contributed by atoms with Crippen LogP contribution in [-0.2, 0) is 17.8 Å². The first-order valence-electron chi connectivity index (χ1n) is 6.95. The van der Waals surface area contributed by atoms with Crippen LogP contribution in [-0.4, -0.2) is 41.5 Å². The van der Waals surface area contributed by atoms with Crippen LogP contribution in [0, 0.1) is 0 Å². The van der Waals surface area contributed by atoms with Crippen LogP contribution in [0.15, 0.2) is 18.2 Å². The van der Waals surface area contributed by atoms with Gasteiger partial charge in [-0.1, -0.05) is 19.1 Å². The quantitative estimate of drug-likeness (QED) is 0.849. The Morgan fingerprint density at radius 1 is 1.40 bits per heavy atom. The summed E-state index contributed by atoms with van der Waals surface area (Å²) in [6.07, 6.45) is 1.61. The van der Waals surface area contributed by atoms with Crippen molar-refractivity contribution in [3.8, 4) is 0 Å². The Balaban J connectivity index is 2.03.